The van der Waals surface area contributed by atoms with E-state index in [0.29, 0.717) is 18.6 Å². The molecule has 5 heteroatoms. The van der Waals surface area contributed by atoms with Gasteiger partial charge in [0.25, 0.3) is 5.91 Å². The summed E-state index contributed by atoms with van der Waals surface area (Å²) in [5, 5.41) is 3.16. The first-order valence-corrected chi connectivity index (χ1v) is 9.24. The minimum Gasteiger partial charge on any atom is -0.497 e. The van der Waals surface area contributed by atoms with Crippen LogP contribution in [0, 0.1) is 6.92 Å². The third-order valence-electron chi connectivity index (χ3n) is 4.72. The predicted molar refractivity (Wildman–Crippen MR) is 105 cm³/mol. The minimum atomic E-state index is -0.367. The van der Waals surface area contributed by atoms with Crippen LogP contribution in [0.1, 0.15) is 54.7 Å². The second-order valence-electron chi connectivity index (χ2n) is 7.41. The average molecular weight is 369 g/mol. The lowest BCUT2D eigenvalue weighted by atomic mass is 9.89. The lowest BCUT2D eigenvalue weighted by Gasteiger charge is -2.38. The Morgan fingerprint density at radius 2 is 2.04 bits per heavy atom. The normalized spacial score (nSPS) is 17.4. The highest BCUT2D eigenvalue weighted by molar-refractivity contribution is 5.95. The summed E-state index contributed by atoms with van der Waals surface area (Å²) in [7, 11) is 1.63. The summed E-state index contributed by atoms with van der Waals surface area (Å²) in [4.78, 5) is 12.9. The van der Waals surface area contributed by atoms with Crippen LogP contribution in [0.3, 0.4) is 0 Å². The van der Waals surface area contributed by atoms with Crippen molar-refractivity contribution in [3.05, 3.63) is 53.1 Å². The van der Waals surface area contributed by atoms with E-state index in [-0.39, 0.29) is 17.6 Å². The Balaban J connectivity index is 1.86. The second-order valence-corrected chi connectivity index (χ2v) is 7.41. The van der Waals surface area contributed by atoms with E-state index in [1.807, 2.05) is 58.0 Å². The van der Waals surface area contributed by atoms with E-state index >= 15 is 0 Å². The van der Waals surface area contributed by atoms with Crippen LogP contribution in [0.15, 0.2) is 36.4 Å². The standard InChI is InChI=1S/C22H27NO4/c1-6-26-19-9-7-15(11-14(19)2)21(24)23-18-13-22(3,4)27-20-10-8-16(25-5)12-17(18)20/h7-12,18H,6,13H2,1-5H3,(H,23,24). The number of methoxy groups -OCH3 is 1. The number of amides is 1. The molecular formula is C22H27NO4. The molecule has 1 amide bonds. The van der Waals surface area contributed by atoms with Crippen molar-refractivity contribution < 1.29 is 19.0 Å². The Hall–Kier alpha value is -2.69. The monoisotopic (exact) mass is 369 g/mol. The number of benzene rings is 2. The topological polar surface area (TPSA) is 56.8 Å². The van der Waals surface area contributed by atoms with Crippen LogP contribution in [0.2, 0.25) is 0 Å². The zero-order chi connectivity index (χ0) is 19.6. The van der Waals surface area contributed by atoms with Gasteiger partial charge in [-0.25, -0.2) is 0 Å². The molecule has 0 aliphatic carbocycles. The van der Waals surface area contributed by atoms with Gasteiger partial charge in [0.15, 0.2) is 0 Å². The molecule has 0 fully saturated rings. The molecule has 0 saturated heterocycles. The molecule has 1 N–H and O–H groups in total. The Bertz CT molecular complexity index is 844. The maximum atomic E-state index is 12.9. The highest BCUT2D eigenvalue weighted by atomic mass is 16.5. The smallest absolute Gasteiger partial charge is 0.251 e. The van der Waals surface area contributed by atoms with Crippen molar-refractivity contribution in [2.24, 2.45) is 0 Å². The molecule has 5 nitrogen and oxygen atoms in total. The third-order valence-corrected chi connectivity index (χ3v) is 4.72. The Labute approximate surface area is 160 Å². The molecule has 0 saturated carbocycles. The second kappa shape index (κ2) is 7.51. The van der Waals surface area contributed by atoms with Crippen molar-refractivity contribution in [1.82, 2.24) is 5.32 Å². The van der Waals surface area contributed by atoms with E-state index in [9.17, 15) is 4.79 Å². The van der Waals surface area contributed by atoms with E-state index in [1.54, 1.807) is 13.2 Å². The summed E-state index contributed by atoms with van der Waals surface area (Å²) in [5.74, 6) is 2.21. The molecule has 1 aliphatic heterocycles. The quantitative estimate of drug-likeness (QED) is 0.847. The SMILES string of the molecule is CCOc1ccc(C(=O)NC2CC(C)(C)Oc3ccc(OC)cc32)cc1C. The highest BCUT2D eigenvalue weighted by Gasteiger charge is 2.35. The maximum absolute atomic E-state index is 12.9. The van der Waals surface area contributed by atoms with Gasteiger partial charge in [0, 0.05) is 17.5 Å². The molecule has 0 spiro atoms. The molecule has 0 aromatic heterocycles. The summed E-state index contributed by atoms with van der Waals surface area (Å²) in [6.45, 7) is 8.54. The van der Waals surface area contributed by atoms with Gasteiger partial charge in [-0.15, -0.1) is 0 Å². The molecule has 2 aromatic rings. The largest absolute Gasteiger partial charge is 0.497 e. The van der Waals surface area contributed by atoms with Crippen molar-refractivity contribution >= 4 is 5.91 Å². The zero-order valence-corrected chi connectivity index (χ0v) is 16.6. The first-order valence-electron chi connectivity index (χ1n) is 9.24. The van der Waals surface area contributed by atoms with Gasteiger partial charge >= 0.3 is 0 Å². The van der Waals surface area contributed by atoms with E-state index < -0.39 is 0 Å². The minimum absolute atomic E-state index is 0.113. The van der Waals surface area contributed by atoms with Gasteiger partial charge in [-0.05, 0) is 69.7 Å². The van der Waals surface area contributed by atoms with Gasteiger partial charge < -0.3 is 19.5 Å². The lowest BCUT2D eigenvalue weighted by molar-refractivity contribution is 0.0618. The number of carbonyl (C=O) groups excluding carboxylic acids is 1. The number of nitrogens with one attached hydrogen (secondary N) is 1. The summed E-state index contributed by atoms with van der Waals surface area (Å²) in [6.07, 6.45) is 0.676. The van der Waals surface area contributed by atoms with Crippen LogP contribution in [0.25, 0.3) is 0 Å². The number of carbonyl (C=O) groups is 1. The number of fused-ring (bicyclic) bond motifs is 1. The van der Waals surface area contributed by atoms with Gasteiger partial charge in [-0.1, -0.05) is 0 Å². The number of aryl methyl sites for hydroxylation is 1. The predicted octanol–water partition coefficient (Wildman–Crippen LogP) is 4.43. The fourth-order valence-electron chi connectivity index (χ4n) is 3.44. The summed E-state index contributed by atoms with van der Waals surface area (Å²) >= 11 is 0. The van der Waals surface area contributed by atoms with Crippen LogP contribution in [-0.2, 0) is 0 Å². The molecule has 27 heavy (non-hydrogen) atoms. The average Bonchev–Trinajstić information content (AvgIpc) is 2.62. The molecule has 1 aliphatic rings. The van der Waals surface area contributed by atoms with Gasteiger partial charge in [-0.3, -0.25) is 4.79 Å². The summed E-state index contributed by atoms with van der Waals surface area (Å²) < 4.78 is 17.0. The Kier molecular flexibility index (Phi) is 5.31. The van der Waals surface area contributed by atoms with Gasteiger partial charge in [-0.2, -0.15) is 0 Å². The van der Waals surface area contributed by atoms with Crippen LogP contribution in [-0.4, -0.2) is 25.2 Å². The molecular weight excluding hydrogens is 342 g/mol. The molecule has 0 bridgehead atoms. The third kappa shape index (κ3) is 4.18. The molecule has 2 aromatic carbocycles. The van der Waals surface area contributed by atoms with E-state index in [4.69, 9.17) is 14.2 Å². The maximum Gasteiger partial charge on any atom is 0.251 e. The molecule has 144 valence electrons. The van der Waals surface area contributed by atoms with Crippen molar-refractivity contribution in [2.75, 3.05) is 13.7 Å². The van der Waals surface area contributed by atoms with E-state index in [1.165, 1.54) is 0 Å². The highest BCUT2D eigenvalue weighted by Crippen LogP contribution is 2.41. The van der Waals surface area contributed by atoms with E-state index in [2.05, 4.69) is 5.32 Å². The number of hydrogen-bond acceptors (Lipinski definition) is 4. The zero-order valence-electron chi connectivity index (χ0n) is 16.6. The Morgan fingerprint density at radius 1 is 1.26 bits per heavy atom. The van der Waals surface area contributed by atoms with Crippen LogP contribution in [0.5, 0.6) is 17.2 Å². The molecule has 0 radical (unpaired) electrons. The first-order chi connectivity index (χ1) is 12.8. The molecule has 1 atom stereocenters. The van der Waals surface area contributed by atoms with E-state index in [0.717, 1.165) is 28.4 Å². The van der Waals surface area contributed by atoms with Crippen molar-refractivity contribution in [1.29, 1.82) is 0 Å². The fourth-order valence-corrected chi connectivity index (χ4v) is 3.44. The fraction of sp³-hybridized carbons (Fsp3) is 0.409. The van der Waals surface area contributed by atoms with Crippen LogP contribution in [0.4, 0.5) is 0 Å². The molecule has 3 rings (SSSR count). The molecule has 1 unspecified atom stereocenters. The summed E-state index contributed by atoms with van der Waals surface area (Å²) in [5.41, 5.74) is 2.13. The van der Waals surface area contributed by atoms with Crippen molar-refractivity contribution in [2.45, 2.75) is 45.8 Å². The van der Waals surface area contributed by atoms with Gasteiger partial charge in [0.1, 0.15) is 22.8 Å². The van der Waals surface area contributed by atoms with Crippen LogP contribution < -0.4 is 19.5 Å². The first kappa shape index (κ1) is 19.1. The Morgan fingerprint density at radius 3 is 2.70 bits per heavy atom. The van der Waals surface area contributed by atoms with Gasteiger partial charge in [0.05, 0.1) is 19.8 Å². The summed E-state index contributed by atoms with van der Waals surface area (Å²) in [6, 6.07) is 11.0. The van der Waals surface area contributed by atoms with Crippen molar-refractivity contribution in [3.63, 3.8) is 0 Å². The van der Waals surface area contributed by atoms with Crippen LogP contribution >= 0.6 is 0 Å². The van der Waals surface area contributed by atoms with Gasteiger partial charge in [0.2, 0.25) is 0 Å². The lowest BCUT2D eigenvalue weighted by Crippen LogP contribution is -2.41. The molecule has 1 heterocycles. The number of hydrogen-bond donors (Lipinski definition) is 1. The number of ether oxygens (including phenoxy) is 3. The van der Waals surface area contributed by atoms with Crippen molar-refractivity contribution in [3.8, 4) is 17.2 Å². The number of rotatable bonds is 5.